The normalized spacial score (nSPS) is 13.9. The Morgan fingerprint density at radius 3 is 0.694 bits per heavy atom. The van der Waals surface area contributed by atoms with Gasteiger partial charge in [0.15, 0.2) is 12.2 Å². The zero-order chi connectivity index (χ0) is 72.1. The molecule has 0 aromatic rings. The molecule has 3 N–H and O–H groups in total. The van der Waals surface area contributed by atoms with Crippen molar-refractivity contribution in [2.24, 2.45) is 11.8 Å². The van der Waals surface area contributed by atoms with E-state index in [1.54, 1.807) is 0 Å². The number of aliphatic hydroxyl groups is 1. The lowest BCUT2D eigenvalue weighted by atomic mass is 10.0. The van der Waals surface area contributed by atoms with Gasteiger partial charge >= 0.3 is 39.5 Å². The van der Waals surface area contributed by atoms with Gasteiger partial charge in [0.1, 0.15) is 19.3 Å². The third kappa shape index (κ3) is 72.4. The Morgan fingerprint density at radius 2 is 0.469 bits per heavy atom. The summed E-state index contributed by atoms with van der Waals surface area (Å²) in [6, 6.07) is 0. The van der Waals surface area contributed by atoms with E-state index >= 15 is 0 Å². The monoisotopic (exact) mass is 1440 g/mol. The van der Waals surface area contributed by atoms with Crippen LogP contribution in [0.2, 0.25) is 0 Å². The maximum atomic E-state index is 13.1. The lowest BCUT2D eigenvalue weighted by molar-refractivity contribution is -0.161. The van der Waals surface area contributed by atoms with E-state index in [9.17, 15) is 43.2 Å². The molecule has 0 aromatic carbocycles. The minimum atomic E-state index is -4.96. The van der Waals surface area contributed by atoms with Gasteiger partial charge in [0, 0.05) is 25.7 Å². The van der Waals surface area contributed by atoms with Crippen LogP contribution in [-0.4, -0.2) is 96.7 Å². The van der Waals surface area contributed by atoms with Crippen molar-refractivity contribution in [2.45, 2.75) is 432 Å². The van der Waals surface area contributed by atoms with Crippen molar-refractivity contribution in [2.75, 3.05) is 39.6 Å². The average Bonchev–Trinajstić information content (AvgIpc) is 1.06. The molecule has 0 saturated carbocycles. The molecular formula is C79H154O17P2. The Labute approximate surface area is 600 Å². The number of phosphoric ester groups is 2. The predicted octanol–water partition coefficient (Wildman–Crippen LogP) is 23.5. The van der Waals surface area contributed by atoms with Crippen LogP contribution in [0.4, 0.5) is 0 Å². The molecule has 0 aliphatic rings. The smallest absolute Gasteiger partial charge is 0.462 e. The van der Waals surface area contributed by atoms with Crippen molar-refractivity contribution < 1.29 is 80.2 Å². The zero-order valence-electron chi connectivity index (χ0n) is 64.1. The summed E-state index contributed by atoms with van der Waals surface area (Å²) in [4.78, 5) is 72.9. The minimum Gasteiger partial charge on any atom is -0.462 e. The number of ether oxygens (including phenoxy) is 4. The highest BCUT2D eigenvalue weighted by atomic mass is 31.2. The van der Waals surface area contributed by atoms with Gasteiger partial charge in [-0.3, -0.25) is 37.3 Å². The van der Waals surface area contributed by atoms with Gasteiger partial charge in [0.05, 0.1) is 26.4 Å². The van der Waals surface area contributed by atoms with Gasteiger partial charge in [-0.25, -0.2) is 9.13 Å². The van der Waals surface area contributed by atoms with E-state index in [1.165, 1.54) is 231 Å². The van der Waals surface area contributed by atoms with Crippen LogP contribution in [0.3, 0.4) is 0 Å². The second kappa shape index (κ2) is 70.7. The summed E-state index contributed by atoms with van der Waals surface area (Å²) in [5.74, 6) is -0.557. The van der Waals surface area contributed by atoms with Crippen molar-refractivity contribution in [3.8, 4) is 0 Å². The number of hydrogen-bond acceptors (Lipinski definition) is 15. The fourth-order valence-electron chi connectivity index (χ4n) is 12.2. The molecule has 2 unspecified atom stereocenters. The molecule has 19 heteroatoms. The molecule has 0 saturated heterocycles. The van der Waals surface area contributed by atoms with Crippen LogP contribution in [0.15, 0.2) is 0 Å². The van der Waals surface area contributed by atoms with Gasteiger partial charge < -0.3 is 33.8 Å². The van der Waals surface area contributed by atoms with Gasteiger partial charge in [-0.15, -0.1) is 0 Å². The number of rotatable bonds is 78. The lowest BCUT2D eigenvalue weighted by Gasteiger charge is -2.21. The maximum absolute atomic E-state index is 13.1. The zero-order valence-corrected chi connectivity index (χ0v) is 65.9. The summed E-state index contributed by atoms with van der Waals surface area (Å²) in [6.45, 7) is 9.62. The molecule has 0 aromatic heterocycles. The molecule has 5 atom stereocenters. The van der Waals surface area contributed by atoms with Gasteiger partial charge in [-0.1, -0.05) is 363 Å². The molecule has 0 radical (unpaired) electrons. The third-order valence-corrected chi connectivity index (χ3v) is 20.4. The molecule has 0 aliphatic carbocycles. The van der Waals surface area contributed by atoms with Crippen LogP contribution in [0, 0.1) is 11.8 Å². The summed E-state index contributed by atoms with van der Waals surface area (Å²) in [5, 5.41) is 10.6. The Morgan fingerprint density at radius 1 is 0.276 bits per heavy atom. The van der Waals surface area contributed by atoms with Gasteiger partial charge in [-0.2, -0.15) is 0 Å². The van der Waals surface area contributed by atoms with Crippen molar-refractivity contribution >= 4 is 39.5 Å². The van der Waals surface area contributed by atoms with Crippen LogP contribution < -0.4 is 0 Å². The summed E-state index contributed by atoms with van der Waals surface area (Å²) in [6.07, 6.45) is 59.7. The predicted molar refractivity (Wildman–Crippen MR) is 400 cm³/mol. The number of unbranched alkanes of at least 4 members (excludes halogenated alkanes) is 48. The van der Waals surface area contributed by atoms with Gasteiger partial charge in [-0.05, 0) is 37.5 Å². The van der Waals surface area contributed by atoms with Crippen LogP contribution in [0.25, 0.3) is 0 Å². The summed E-state index contributed by atoms with van der Waals surface area (Å²) in [7, 11) is -9.91. The number of phosphoric acid groups is 2. The first-order chi connectivity index (χ1) is 47.4. The molecule has 0 fully saturated rings. The number of aliphatic hydroxyl groups excluding tert-OH is 1. The first kappa shape index (κ1) is 96.1. The third-order valence-electron chi connectivity index (χ3n) is 18.5. The molecular weight excluding hydrogens is 1280 g/mol. The molecule has 17 nitrogen and oxygen atoms in total. The molecule has 0 rings (SSSR count). The van der Waals surface area contributed by atoms with Crippen LogP contribution in [-0.2, 0) is 65.4 Å². The van der Waals surface area contributed by atoms with Crippen LogP contribution in [0.1, 0.15) is 414 Å². The largest absolute Gasteiger partial charge is 0.472 e. The molecule has 0 amide bonds. The molecule has 582 valence electrons. The molecule has 0 aliphatic heterocycles. The summed E-state index contributed by atoms with van der Waals surface area (Å²) < 4.78 is 68.6. The summed E-state index contributed by atoms with van der Waals surface area (Å²) in [5.41, 5.74) is 0. The first-order valence-corrected chi connectivity index (χ1v) is 44.0. The molecule has 0 heterocycles. The fraction of sp³-hybridized carbons (Fsp3) is 0.949. The highest BCUT2D eigenvalue weighted by Crippen LogP contribution is 2.45. The minimum absolute atomic E-state index is 0.106. The first-order valence-electron chi connectivity index (χ1n) is 41.0. The molecule has 0 bridgehead atoms. The van der Waals surface area contributed by atoms with Crippen molar-refractivity contribution in [3.05, 3.63) is 0 Å². The van der Waals surface area contributed by atoms with Gasteiger partial charge in [0.2, 0.25) is 0 Å². The van der Waals surface area contributed by atoms with E-state index in [0.717, 1.165) is 102 Å². The van der Waals surface area contributed by atoms with E-state index in [4.69, 9.17) is 37.0 Å². The molecule has 98 heavy (non-hydrogen) atoms. The van der Waals surface area contributed by atoms with Crippen molar-refractivity contribution in [3.63, 3.8) is 0 Å². The number of carbonyl (C=O) groups is 4. The SMILES string of the molecule is CCCCCCCCCCCCCCCCCCCCC(=O)OC[C@H](COP(=O)(O)OC[C@@H](O)COP(=O)(O)OC[C@@H](COC(=O)CCCCCCCCCCC)OC(=O)CCCCCCCCCCCCC(C)C)OC(=O)CCCCCCCCCCCCCCCCCC(C)C. The highest BCUT2D eigenvalue weighted by Gasteiger charge is 2.30. The van der Waals surface area contributed by atoms with E-state index in [0.29, 0.717) is 25.7 Å². The second-order valence-electron chi connectivity index (χ2n) is 29.4. The quantitative estimate of drug-likeness (QED) is 0.0222. The lowest BCUT2D eigenvalue weighted by Crippen LogP contribution is -2.30. The fourth-order valence-corrected chi connectivity index (χ4v) is 13.8. The Bertz CT molecular complexity index is 1890. The van der Waals surface area contributed by atoms with Gasteiger partial charge in [0.25, 0.3) is 0 Å². The van der Waals surface area contributed by atoms with E-state index < -0.39 is 97.5 Å². The van der Waals surface area contributed by atoms with Crippen LogP contribution in [0.5, 0.6) is 0 Å². The number of esters is 4. The van der Waals surface area contributed by atoms with E-state index in [1.807, 2.05) is 0 Å². The van der Waals surface area contributed by atoms with Crippen LogP contribution >= 0.6 is 15.6 Å². The van der Waals surface area contributed by atoms with Crippen molar-refractivity contribution in [1.29, 1.82) is 0 Å². The average molecular weight is 1440 g/mol. The number of hydrogen-bond donors (Lipinski definition) is 3. The maximum Gasteiger partial charge on any atom is 0.472 e. The Kier molecular flexibility index (Phi) is 69.3. The second-order valence-corrected chi connectivity index (χ2v) is 32.3. The van der Waals surface area contributed by atoms with Crippen molar-refractivity contribution in [1.82, 2.24) is 0 Å². The summed E-state index contributed by atoms with van der Waals surface area (Å²) >= 11 is 0. The Hall–Kier alpha value is -1.94. The Balaban J connectivity index is 5.22. The standard InChI is InChI=1S/C79H154O17P2/c1-7-9-11-13-15-17-18-19-20-21-22-25-28-31-38-44-50-56-62-77(82)90-68-75(95-78(83)63-57-51-45-39-32-29-26-23-24-27-30-36-41-47-53-59-71(3)4)70-94-98(87,88)92-66-73(80)65-91-97(85,86)93-69-74(67-89-76(81)61-55-49-43-35-16-14-12-10-8-2)96-79(84)64-58-52-46-40-34-33-37-42-48-54-60-72(5)6/h71-75,80H,7-70H2,1-6H3,(H,85,86)(H,87,88)/t73-,74+,75+/m0/s1. The topological polar surface area (TPSA) is 237 Å². The van der Waals surface area contributed by atoms with E-state index in [-0.39, 0.29) is 25.7 Å². The highest BCUT2D eigenvalue weighted by molar-refractivity contribution is 7.47. The molecule has 0 spiro atoms. The van der Waals surface area contributed by atoms with E-state index in [2.05, 4.69) is 41.5 Å². The number of carbonyl (C=O) groups excluding carboxylic acids is 4.